The quantitative estimate of drug-likeness (QED) is 0.295. The van der Waals surface area contributed by atoms with E-state index >= 15 is 0 Å². The SMILES string of the molecule is O=C(CSc1[nH+]c2sc3c(c2c(=O)n1Cc1ccco1)CCC3)N1CCN(c2ccccc2)CC1. The van der Waals surface area contributed by atoms with Crippen LogP contribution in [0.25, 0.3) is 10.2 Å². The van der Waals surface area contributed by atoms with Gasteiger partial charge in [-0.1, -0.05) is 29.5 Å². The van der Waals surface area contributed by atoms with Crippen molar-refractivity contribution in [2.24, 2.45) is 0 Å². The van der Waals surface area contributed by atoms with Crippen LogP contribution < -0.4 is 15.4 Å². The molecule has 3 aromatic heterocycles. The van der Waals surface area contributed by atoms with Crippen molar-refractivity contribution in [3.05, 3.63) is 75.3 Å². The Morgan fingerprint density at radius 3 is 2.66 bits per heavy atom. The van der Waals surface area contributed by atoms with Crippen LogP contribution in [0.3, 0.4) is 0 Å². The number of aromatic amines is 1. The number of furan rings is 1. The third kappa shape index (κ3) is 4.38. The van der Waals surface area contributed by atoms with Gasteiger partial charge in [0.15, 0.2) is 11.4 Å². The van der Waals surface area contributed by atoms with E-state index in [0.717, 1.165) is 48.3 Å². The Kier molecular flexibility index (Phi) is 6.12. The monoisotopic (exact) mass is 507 g/mol. The smallest absolute Gasteiger partial charge is 0.347 e. The standard InChI is InChI=1S/C26H26N4O3S2/c31-22(29-13-11-28(12-14-29)18-6-2-1-3-7-18)17-34-26-27-24-23(20-9-4-10-21(20)35-24)25(32)30(26)16-19-8-5-15-33-19/h1-3,5-8,15H,4,9-14,16-17H2/p+1. The number of aryl methyl sites for hydroxylation is 2. The fourth-order valence-corrected chi connectivity index (χ4v) is 7.27. The number of para-hydroxylation sites is 1. The highest BCUT2D eigenvalue weighted by molar-refractivity contribution is 7.99. The Hall–Kier alpha value is -3.04. The fourth-order valence-electron chi connectivity index (χ4n) is 5.00. The molecule has 35 heavy (non-hydrogen) atoms. The van der Waals surface area contributed by atoms with Crippen LogP contribution in [0, 0.1) is 0 Å². The Bertz CT molecular complexity index is 1400. The van der Waals surface area contributed by atoms with Gasteiger partial charge in [0.1, 0.15) is 11.1 Å². The van der Waals surface area contributed by atoms with Crippen molar-refractivity contribution in [1.29, 1.82) is 0 Å². The topological polar surface area (TPSA) is 72.8 Å². The fraction of sp³-hybridized carbons (Fsp3) is 0.346. The van der Waals surface area contributed by atoms with Crippen LogP contribution in [0.2, 0.25) is 0 Å². The molecule has 0 unspecified atom stereocenters. The first-order valence-electron chi connectivity index (χ1n) is 12.0. The van der Waals surface area contributed by atoms with Gasteiger partial charge in [0.2, 0.25) is 5.91 Å². The third-order valence-corrected chi connectivity index (χ3v) is 9.02. The number of amides is 1. The van der Waals surface area contributed by atoms with E-state index in [1.807, 2.05) is 35.2 Å². The summed E-state index contributed by atoms with van der Waals surface area (Å²) >= 11 is 3.09. The third-order valence-electron chi connectivity index (χ3n) is 6.83. The van der Waals surface area contributed by atoms with Crippen molar-refractivity contribution < 1.29 is 14.2 Å². The van der Waals surface area contributed by atoms with Gasteiger partial charge in [-0.3, -0.25) is 4.79 Å². The number of piperazine rings is 1. The molecule has 1 amide bonds. The minimum atomic E-state index is 0.000902. The van der Waals surface area contributed by atoms with Crippen LogP contribution >= 0.6 is 23.1 Å². The van der Waals surface area contributed by atoms with E-state index in [1.165, 1.54) is 27.9 Å². The van der Waals surface area contributed by atoms with E-state index in [4.69, 9.17) is 4.42 Å². The number of aromatic nitrogens is 2. The molecule has 0 radical (unpaired) electrons. The van der Waals surface area contributed by atoms with Crippen molar-refractivity contribution in [3.8, 4) is 0 Å². The van der Waals surface area contributed by atoms with Crippen molar-refractivity contribution in [3.63, 3.8) is 0 Å². The molecule has 0 saturated carbocycles. The number of nitrogens with zero attached hydrogens (tertiary/aromatic N) is 3. The van der Waals surface area contributed by atoms with E-state index in [9.17, 15) is 9.59 Å². The number of carbonyl (C=O) groups excluding carboxylic acids is 1. The predicted octanol–water partition coefficient (Wildman–Crippen LogP) is 3.45. The van der Waals surface area contributed by atoms with E-state index in [1.54, 1.807) is 22.2 Å². The number of hydrogen-bond acceptors (Lipinski definition) is 6. The van der Waals surface area contributed by atoms with Gasteiger partial charge in [0.05, 0.1) is 12.0 Å². The van der Waals surface area contributed by atoms with E-state index in [2.05, 4.69) is 22.0 Å². The Morgan fingerprint density at radius 1 is 1.06 bits per heavy atom. The van der Waals surface area contributed by atoms with Crippen LogP contribution in [0.5, 0.6) is 0 Å². The van der Waals surface area contributed by atoms with Crippen LogP contribution in [0.15, 0.2) is 63.1 Å². The zero-order valence-electron chi connectivity index (χ0n) is 19.4. The van der Waals surface area contributed by atoms with Crippen molar-refractivity contribution in [2.75, 3.05) is 36.8 Å². The summed E-state index contributed by atoms with van der Waals surface area (Å²) < 4.78 is 7.27. The molecule has 180 valence electrons. The average molecular weight is 508 g/mol. The zero-order chi connectivity index (χ0) is 23.8. The lowest BCUT2D eigenvalue weighted by atomic mass is 10.2. The van der Waals surface area contributed by atoms with Gasteiger partial charge in [-0.2, -0.15) is 4.57 Å². The number of thiophene rings is 1. The molecule has 4 heterocycles. The molecular formula is C26H27N4O3S2+. The number of fused-ring (bicyclic) bond motifs is 3. The number of carbonyl (C=O) groups is 1. The van der Waals surface area contributed by atoms with Gasteiger partial charge >= 0.3 is 10.7 Å². The maximum absolute atomic E-state index is 13.6. The molecule has 6 rings (SSSR count). The van der Waals surface area contributed by atoms with E-state index in [-0.39, 0.29) is 17.2 Å². The highest BCUT2D eigenvalue weighted by Crippen LogP contribution is 2.34. The number of nitrogens with one attached hydrogen (secondary N) is 1. The van der Waals surface area contributed by atoms with E-state index < -0.39 is 0 Å². The largest absolute Gasteiger partial charge is 0.465 e. The summed E-state index contributed by atoms with van der Waals surface area (Å²) in [6, 6.07) is 14.0. The first kappa shape index (κ1) is 22.4. The lowest BCUT2D eigenvalue weighted by molar-refractivity contribution is -0.404. The molecule has 7 nitrogen and oxygen atoms in total. The number of rotatable bonds is 6. The average Bonchev–Trinajstić information content (AvgIpc) is 3.63. The lowest BCUT2D eigenvalue weighted by Crippen LogP contribution is -2.49. The molecule has 1 aromatic carbocycles. The Balaban J connectivity index is 1.20. The number of H-pyrrole nitrogens is 1. The lowest BCUT2D eigenvalue weighted by Gasteiger charge is -2.36. The van der Waals surface area contributed by atoms with Crippen LogP contribution in [-0.2, 0) is 24.2 Å². The summed E-state index contributed by atoms with van der Waals surface area (Å²) in [6.45, 7) is 3.39. The van der Waals surface area contributed by atoms with Crippen LogP contribution in [0.1, 0.15) is 22.6 Å². The maximum Gasteiger partial charge on any atom is 0.347 e. The van der Waals surface area contributed by atoms with Crippen LogP contribution in [-0.4, -0.2) is 47.3 Å². The molecule has 0 bridgehead atoms. The predicted molar refractivity (Wildman–Crippen MR) is 138 cm³/mol. The summed E-state index contributed by atoms with van der Waals surface area (Å²) in [5, 5.41) is 1.51. The first-order valence-corrected chi connectivity index (χ1v) is 13.8. The molecule has 1 aliphatic carbocycles. The Labute approximate surface area is 211 Å². The van der Waals surface area contributed by atoms with Crippen LogP contribution in [0.4, 0.5) is 5.69 Å². The molecule has 2 aliphatic rings. The minimum Gasteiger partial charge on any atom is -0.465 e. The van der Waals surface area contributed by atoms with Gasteiger partial charge in [0, 0.05) is 36.7 Å². The van der Waals surface area contributed by atoms with Gasteiger partial charge < -0.3 is 14.2 Å². The van der Waals surface area contributed by atoms with Crippen molar-refractivity contribution in [1.82, 2.24) is 9.47 Å². The molecule has 9 heteroatoms. The second-order valence-corrected chi connectivity index (χ2v) is 11.0. The number of hydrogen-bond donors (Lipinski definition) is 0. The second-order valence-electron chi connectivity index (χ2n) is 8.95. The molecule has 0 spiro atoms. The summed E-state index contributed by atoms with van der Waals surface area (Å²) in [5.74, 6) is 1.11. The van der Waals surface area contributed by atoms with Gasteiger partial charge in [-0.25, -0.2) is 9.78 Å². The molecular weight excluding hydrogens is 480 g/mol. The zero-order valence-corrected chi connectivity index (χ0v) is 21.0. The summed E-state index contributed by atoms with van der Waals surface area (Å²) in [4.78, 5) is 36.6. The van der Waals surface area contributed by atoms with Gasteiger partial charge in [-0.05, 0) is 60.9 Å². The van der Waals surface area contributed by atoms with E-state index in [0.29, 0.717) is 24.8 Å². The first-order chi connectivity index (χ1) is 17.2. The number of anilines is 1. The highest BCUT2D eigenvalue weighted by Gasteiger charge is 2.29. The number of thioether (sulfide) groups is 1. The molecule has 4 aromatic rings. The number of benzene rings is 1. The molecule has 0 atom stereocenters. The normalized spacial score (nSPS) is 15.7. The van der Waals surface area contributed by atoms with Gasteiger partial charge in [0.25, 0.3) is 0 Å². The molecule has 1 saturated heterocycles. The summed E-state index contributed by atoms with van der Waals surface area (Å²) in [6.07, 6.45) is 4.72. The van der Waals surface area contributed by atoms with Gasteiger partial charge in [-0.15, -0.1) is 0 Å². The minimum absolute atomic E-state index is 0.000902. The second kappa shape index (κ2) is 9.54. The molecule has 1 aliphatic heterocycles. The summed E-state index contributed by atoms with van der Waals surface area (Å²) in [5.41, 5.74) is 2.39. The van der Waals surface area contributed by atoms with Crippen molar-refractivity contribution >= 4 is 44.9 Å². The molecule has 1 N–H and O–H groups in total. The highest BCUT2D eigenvalue weighted by atomic mass is 32.2. The van der Waals surface area contributed by atoms with Crippen molar-refractivity contribution in [2.45, 2.75) is 31.0 Å². The summed E-state index contributed by atoms with van der Waals surface area (Å²) in [7, 11) is 0. The molecule has 1 fully saturated rings. The Morgan fingerprint density at radius 2 is 1.89 bits per heavy atom. The maximum atomic E-state index is 13.6.